The normalized spacial score (nSPS) is 10.9. The molecule has 3 heteroatoms. The lowest BCUT2D eigenvalue weighted by molar-refractivity contribution is 0.141. The molecular formula is C8H17ClO2. The van der Waals surface area contributed by atoms with Crippen LogP contribution in [0.3, 0.4) is 0 Å². The molecule has 2 N–H and O–H groups in total. The highest BCUT2D eigenvalue weighted by atomic mass is 35.5. The van der Waals surface area contributed by atoms with E-state index in [0.29, 0.717) is 5.88 Å². The van der Waals surface area contributed by atoms with E-state index in [2.05, 4.69) is 0 Å². The molecule has 0 radical (unpaired) electrons. The molecule has 0 aromatic rings. The van der Waals surface area contributed by atoms with Gasteiger partial charge < -0.3 is 10.2 Å². The molecule has 0 rings (SSSR count). The molecule has 0 bridgehead atoms. The summed E-state index contributed by atoms with van der Waals surface area (Å²) in [5.41, 5.74) is 0. The first-order chi connectivity index (χ1) is 5.35. The minimum Gasteiger partial charge on any atom is -0.396 e. The van der Waals surface area contributed by atoms with E-state index in [1.54, 1.807) is 0 Å². The van der Waals surface area contributed by atoms with Gasteiger partial charge in [0.15, 0.2) is 0 Å². The average molecular weight is 181 g/mol. The van der Waals surface area contributed by atoms with Crippen LogP contribution in [0.2, 0.25) is 0 Å². The average Bonchev–Trinajstić information content (AvgIpc) is 2.05. The van der Waals surface area contributed by atoms with Gasteiger partial charge in [-0.05, 0) is 12.8 Å². The number of aliphatic hydroxyl groups excluding tert-OH is 2. The molecule has 0 spiro atoms. The number of halogens is 1. The zero-order valence-corrected chi connectivity index (χ0v) is 7.56. The molecule has 0 amide bonds. The predicted octanol–water partition coefficient (Wildman–Crippen LogP) is 1.39. The van der Waals surface area contributed by atoms with Gasteiger partial charge in [0.05, 0.1) is 0 Å². The molecule has 0 unspecified atom stereocenters. The van der Waals surface area contributed by atoms with Crippen LogP contribution >= 0.6 is 11.6 Å². The van der Waals surface area contributed by atoms with Crippen molar-refractivity contribution < 1.29 is 10.2 Å². The number of hydrogen-bond donors (Lipinski definition) is 2. The molecule has 0 aliphatic rings. The fourth-order valence-electron chi connectivity index (χ4n) is 0.945. The lowest BCUT2D eigenvalue weighted by Gasteiger charge is -2.08. The van der Waals surface area contributed by atoms with Crippen LogP contribution in [0, 0.1) is 5.92 Å². The van der Waals surface area contributed by atoms with Gasteiger partial charge in [0.25, 0.3) is 0 Å². The molecule has 0 aliphatic heterocycles. The summed E-state index contributed by atoms with van der Waals surface area (Å²) >= 11 is 5.49. The zero-order valence-electron chi connectivity index (χ0n) is 6.80. The molecular weight excluding hydrogens is 164 g/mol. The summed E-state index contributed by atoms with van der Waals surface area (Å²) in [6.07, 6.45) is 4.09. The van der Waals surface area contributed by atoms with Crippen molar-refractivity contribution in [2.45, 2.75) is 25.7 Å². The second-order valence-electron chi connectivity index (χ2n) is 2.77. The van der Waals surface area contributed by atoms with Crippen LogP contribution in [0.5, 0.6) is 0 Å². The molecule has 11 heavy (non-hydrogen) atoms. The maximum atomic E-state index is 8.70. The molecule has 68 valence electrons. The molecule has 0 aromatic carbocycles. The molecule has 0 saturated heterocycles. The van der Waals surface area contributed by atoms with E-state index in [1.807, 2.05) is 0 Å². The Bertz CT molecular complexity index is 74.5. The zero-order chi connectivity index (χ0) is 8.53. The van der Waals surface area contributed by atoms with E-state index in [1.165, 1.54) is 0 Å². The third kappa shape index (κ3) is 6.60. The van der Waals surface area contributed by atoms with Gasteiger partial charge in [-0.3, -0.25) is 0 Å². The van der Waals surface area contributed by atoms with Crippen LogP contribution < -0.4 is 0 Å². The molecule has 0 heterocycles. The SMILES string of the molecule is OCC(CO)CCCCCCl. The monoisotopic (exact) mass is 180 g/mol. The van der Waals surface area contributed by atoms with Crippen molar-refractivity contribution in [1.29, 1.82) is 0 Å². The molecule has 0 saturated carbocycles. The van der Waals surface area contributed by atoms with Gasteiger partial charge in [0, 0.05) is 25.0 Å². The fraction of sp³-hybridized carbons (Fsp3) is 1.00. The predicted molar refractivity (Wildman–Crippen MR) is 46.8 cm³/mol. The molecule has 0 aromatic heterocycles. The van der Waals surface area contributed by atoms with Crippen LogP contribution in [-0.4, -0.2) is 29.3 Å². The quantitative estimate of drug-likeness (QED) is 0.459. The second kappa shape index (κ2) is 8.31. The van der Waals surface area contributed by atoms with E-state index in [0.717, 1.165) is 25.7 Å². The number of hydrogen-bond acceptors (Lipinski definition) is 2. The summed E-state index contributed by atoms with van der Waals surface area (Å²) in [6.45, 7) is 0.189. The third-order valence-electron chi connectivity index (χ3n) is 1.76. The summed E-state index contributed by atoms with van der Waals surface area (Å²) in [4.78, 5) is 0. The van der Waals surface area contributed by atoms with Crippen molar-refractivity contribution >= 4 is 11.6 Å². The largest absolute Gasteiger partial charge is 0.396 e. The Morgan fingerprint density at radius 1 is 1.00 bits per heavy atom. The lowest BCUT2D eigenvalue weighted by Crippen LogP contribution is -2.10. The summed E-state index contributed by atoms with van der Waals surface area (Å²) in [5.74, 6) is 0.786. The van der Waals surface area contributed by atoms with Gasteiger partial charge in [-0.2, -0.15) is 0 Å². The molecule has 2 nitrogen and oxygen atoms in total. The standard InChI is InChI=1S/C8H17ClO2/c9-5-3-1-2-4-8(6-10)7-11/h8,10-11H,1-7H2. The summed E-state index contributed by atoms with van der Waals surface area (Å²) < 4.78 is 0. The maximum absolute atomic E-state index is 8.70. The van der Waals surface area contributed by atoms with E-state index < -0.39 is 0 Å². The maximum Gasteiger partial charge on any atom is 0.0481 e. The van der Waals surface area contributed by atoms with Crippen molar-refractivity contribution in [2.24, 2.45) is 5.92 Å². The van der Waals surface area contributed by atoms with Gasteiger partial charge in [-0.15, -0.1) is 11.6 Å². The molecule has 0 aliphatic carbocycles. The van der Waals surface area contributed by atoms with Crippen molar-refractivity contribution in [2.75, 3.05) is 19.1 Å². The van der Waals surface area contributed by atoms with Gasteiger partial charge in [0.2, 0.25) is 0 Å². The Labute approximate surface area is 73.2 Å². The lowest BCUT2D eigenvalue weighted by atomic mass is 10.0. The van der Waals surface area contributed by atoms with E-state index in [4.69, 9.17) is 21.8 Å². The van der Waals surface area contributed by atoms with E-state index in [-0.39, 0.29) is 19.1 Å². The fourth-order valence-corrected chi connectivity index (χ4v) is 1.13. The van der Waals surface area contributed by atoms with E-state index >= 15 is 0 Å². The Morgan fingerprint density at radius 3 is 2.09 bits per heavy atom. The smallest absolute Gasteiger partial charge is 0.0481 e. The molecule has 0 atom stereocenters. The van der Waals surface area contributed by atoms with Crippen molar-refractivity contribution in [3.8, 4) is 0 Å². The highest BCUT2D eigenvalue weighted by molar-refractivity contribution is 6.17. The minimum atomic E-state index is 0.0744. The highest BCUT2D eigenvalue weighted by Gasteiger charge is 2.03. The van der Waals surface area contributed by atoms with Gasteiger partial charge in [0.1, 0.15) is 0 Å². The Hall–Kier alpha value is 0.210. The van der Waals surface area contributed by atoms with Crippen LogP contribution in [0.4, 0.5) is 0 Å². The number of alkyl halides is 1. The summed E-state index contributed by atoms with van der Waals surface area (Å²) in [6, 6.07) is 0. The summed E-state index contributed by atoms with van der Waals surface area (Å²) in [7, 11) is 0. The highest BCUT2D eigenvalue weighted by Crippen LogP contribution is 2.08. The van der Waals surface area contributed by atoms with Gasteiger partial charge in [-0.1, -0.05) is 12.8 Å². The van der Waals surface area contributed by atoms with E-state index in [9.17, 15) is 0 Å². The topological polar surface area (TPSA) is 40.5 Å². The Morgan fingerprint density at radius 2 is 1.64 bits per heavy atom. The summed E-state index contributed by atoms with van der Waals surface area (Å²) in [5, 5.41) is 17.4. The number of unbranched alkanes of at least 4 members (excludes halogenated alkanes) is 2. The first-order valence-corrected chi connectivity index (χ1v) is 4.66. The van der Waals surface area contributed by atoms with Crippen LogP contribution in [0.15, 0.2) is 0 Å². The number of rotatable bonds is 7. The first kappa shape index (κ1) is 11.2. The van der Waals surface area contributed by atoms with Crippen molar-refractivity contribution in [3.63, 3.8) is 0 Å². The van der Waals surface area contributed by atoms with Crippen LogP contribution in [-0.2, 0) is 0 Å². The Balaban J connectivity index is 3.07. The van der Waals surface area contributed by atoms with Gasteiger partial charge >= 0.3 is 0 Å². The van der Waals surface area contributed by atoms with Crippen molar-refractivity contribution in [1.82, 2.24) is 0 Å². The van der Waals surface area contributed by atoms with Gasteiger partial charge in [-0.25, -0.2) is 0 Å². The number of aliphatic hydroxyl groups is 2. The van der Waals surface area contributed by atoms with Crippen LogP contribution in [0.1, 0.15) is 25.7 Å². The van der Waals surface area contributed by atoms with Crippen LogP contribution in [0.25, 0.3) is 0 Å². The Kier molecular flexibility index (Phi) is 8.47. The second-order valence-corrected chi connectivity index (χ2v) is 3.15. The van der Waals surface area contributed by atoms with Crippen molar-refractivity contribution in [3.05, 3.63) is 0 Å². The molecule has 0 fully saturated rings. The minimum absolute atomic E-state index is 0.0744. The third-order valence-corrected chi connectivity index (χ3v) is 2.03. The first-order valence-electron chi connectivity index (χ1n) is 4.12.